The van der Waals surface area contributed by atoms with Crippen LogP contribution in [-0.2, 0) is 16.8 Å². The molecule has 0 bridgehead atoms. The predicted molar refractivity (Wildman–Crippen MR) is 71.3 cm³/mol. The second-order valence-electron chi connectivity index (χ2n) is 5.55. The number of amides is 1. The van der Waals surface area contributed by atoms with Gasteiger partial charge in [0.15, 0.2) is 0 Å². The van der Waals surface area contributed by atoms with E-state index < -0.39 is 0 Å². The van der Waals surface area contributed by atoms with Crippen molar-refractivity contribution < 1.29 is 4.79 Å². The summed E-state index contributed by atoms with van der Waals surface area (Å²) < 4.78 is 0. The van der Waals surface area contributed by atoms with Gasteiger partial charge in [-0.3, -0.25) is 4.79 Å². The molecule has 1 saturated heterocycles. The van der Waals surface area contributed by atoms with Crippen molar-refractivity contribution in [1.29, 1.82) is 0 Å². The highest BCUT2D eigenvalue weighted by Gasteiger charge is 2.39. The van der Waals surface area contributed by atoms with Crippen LogP contribution in [0.2, 0.25) is 0 Å². The number of nitrogens with zero attached hydrogens (tertiary/aromatic N) is 1. The molecular weight excluding hydrogens is 224 g/mol. The molecule has 18 heavy (non-hydrogen) atoms. The minimum Gasteiger partial charge on any atom is -0.343 e. The fraction of sp³-hybridized carbons (Fsp3) is 0.533. The second-order valence-corrected chi connectivity index (χ2v) is 5.55. The highest BCUT2D eigenvalue weighted by Crippen LogP contribution is 2.39. The smallest absolute Gasteiger partial charge is 0.219 e. The third kappa shape index (κ3) is 1.83. The van der Waals surface area contributed by atoms with E-state index in [1.165, 1.54) is 11.1 Å². The molecule has 96 valence electrons. The van der Waals surface area contributed by atoms with E-state index in [0.717, 1.165) is 39.0 Å². The highest BCUT2D eigenvalue weighted by molar-refractivity contribution is 5.73. The number of likely N-dealkylation sites (tertiary alicyclic amines) is 1. The van der Waals surface area contributed by atoms with Crippen molar-refractivity contribution in [3.8, 4) is 0 Å². The molecule has 3 nitrogen and oxygen atoms in total. The van der Waals surface area contributed by atoms with Crippen molar-refractivity contribution in [3.05, 3.63) is 35.4 Å². The Bertz CT molecular complexity index is 461. The number of rotatable bonds is 0. The molecule has 3 rings (SSSR count). The van der Waals surface area contributed by atoms with E-state index >= 15 is 0 Å². The van der Waals surface area contributed by atoms with Crippen LogP contribution in [0.15, 0.2) is 24.3 Å². The van der Waals surface area contributed by atoms with Crippen LogP contribution in [0.1, 0.15) is 30.9 Å². The standard InChI is InChI=1S/C15H20N2O/c1-12(18)17-8-6-15(7-9-17)11-16-10-13-4-2-3-5-14(13)15/h2-5,16H,6-11H2,1H3. The van der Waals surface area contributed by atoms with Crippen LogP contribution < -0.4 is 5.32 Å². The lowest BCUT2D eigenvalue weighted by atomic mass is 9.69. The maximum absolute atomic E-state index is 11.4. The quantitative estimate of drug-likeness (QED) is 0.753. The van der Waals surface area contributed by atoms with Crippen LogP contribution in [0.25, 0.3) is 0 Å². The van der Waals surface area contributed by atoms with Gasteiger partial charge in [0.2, 0.25) is 5.91 Å². The predicted octanol–water partition coefficient (Wildman–Crippen LogP) is 1.67. The molecule has 2 heterocycles. The summed E-state index contributed by atoms with van der Waals surface area (Å²) in [4.78, 5) is 13.4. The number of piperidine rings is 1. The second kappa shape index (κ2) is 4.39. The fourth-order valence-corrected chi connectivity index (χ4v) is 3.42. The van der Waals surface area contributed by atoms with E-state index in [1.54, 1.807) is 6.92 Å². The van der Waals surface area contributed by atoms with Gasteiger partial charge in [0.05, 0.1) is 0 Å². The minimum absolute atomic E-state index is 0.210. The summed E-state index contributed by atoms with van der Waals surface area (Å²) in [7, 11) is 0. The van der Waals surface area contributed by atoms with Gasteiger partial charge in [-0.05, 0) is 24.0 Å². The van der Waals surface area contributed by atoms with E-state index in [2.05, 4.69) is 29.6 Å². The number of benzene rings is 1. The van der Waals surface area contributed by atoms with E-state index in [9.17, 15) is 4.79 Å². The number of hydrogen-bond donors (Lipinski definition) is 1. The van der Waals surface area contributed by atoms with Crippen LogP contribution >= 0.6 is 0 Å². The Balaban J connectivity index is 1.88. The Morgan fingerprint density at radius 2 is 2.00 bits per heavy atom. The van der Waals surface area contributed by atoms with E-state index in [1.807, 2.05) is 4.90 Å². The molecule has 1 N–H and O–H groups in total. The van der Waals surface area contributed by atoms with Crippen LogP contribution in [0.3, 0.4) is 0 Å². The molecule has 0 atom stereocenters. The monoisotopic (exact) mass is 244 g/mol. The largest absolute Gasteiger partial charge is 0.343 e. The molecule has 2 aliphatic heterocycles. The van der Waals surface area contributed by atoms with Crippen molar-refractivity contribution in [2.75, 3.05) is 19.6 Å². The van der Waals surface area contributed by atoms with Crippen LogP contribution in [0, 0.1) is 0 Å². The lowest BCUT2D eigenvalue weighted by molar-refractivity contribution is -0.130. The number of fused-ring (bicyclic) bond motifs is 2. The molecule has 1 amide bonds. The van der Waals surface area contributed by atoms with Gasteiger partial charge in [0.25, 0.3) is 0 Å². The number of hydrogen-bond acceptors (Lipinski definition) is 2. The summed E-state index contributed by atoms with van der Waals surface area (Å²) in [5.41, 5.74) is 3.19. The number of carbonyl (C=O) groups excluding carboxylic acids is 1. The third-order valence-electron chi connectivity index (χ3n) is 4.53. The highest BCUT2D eigenvalue weighted by atomic mass is 16.2. The van der Waals surface area contributed by atoms with Crippen molar-refractivity contribution in [1.82, 2.24) is 10.2 Å². The maximum Gasteiger partial charge on any atom is 0.219 e. The van der Waals surface area contributed by atoms with Gasteiger partial charge in [0.1, 0.15) is 0 Å². The van der Waals surface area contributed by atoms with Gasteiger partial charge in [-0.15, -0.1) is 0 Å². The molecule has 1 spiro atoms. The molecule has 0 aliphatic carbocycles. The van der Waals surface area contributed by atoms with Crippen molar-refractivity contribution in [2.45, 2.75) is 31.7 Å². The normalized spacial score (nSPS) is 21.7. The summed E-state index contributed by atoms with van der Waals surface area (Å²) in [5.74, 6) is 0.210. The number of carbonyl (C=O) groups is 1. The molecule has 0 aromatic heterocycles. The zero-order valence-electron chi connectivity index (χ0n) is 10.9. The van der Waals surface area contributed by atoms with Gasteiger partial charge >= 0.3 is 0 Å². The minimum atomic E-state index is 0.210. The van der Waals surface area contributed by atoms with E-state index in [4.69, 9.17) is 0 Å². The van der Waals surface area contributed by atoms with Gasteiger partial charge < -0.3 is 10.2 Å². The Kier molecular flexibility index (Phi) is 2.86. The van der Waals surface area contributed by atoms with Crippen molar-refractivity contribution in [3.63, 3.8) is 0 Å². The average Bonchev–Trinajstić information content (AvgIpc) is 2.40. The lowest BCUT2D eigenvalue weighted by Crippen LogP contribution is -2.51. The zero-order valence-corrected chi connectivity index (χ0v) is 10.9. The topological polar surface area (TPSA) is 32.3 Å². The molecule has 1 fully saturated rings. The average molecular weight is 244 g/mol. The first-order valence-corrected chi connectivity index (χ1v) is 6.76. The summed E-state index contributed by atoms with van der Waals surface area (Å²) in [6.45, 7) is 5.49. The molecule has 1 aromatic carbocycles. The lowest BCUT2D eigenvalue weighted by Gasteiger charge is -2.45. The zero-order chi connectivity index (χ0) is 12.6. The summed E-state index contributed by atoms with van der Waals surface area (Å²) in [6.07, 6.45) is 2.16. The molecule has 0 radical (unpaired) electrons. The molecule has 3 heteroatoms. The third-order valence-corrected chi connectivity index (χ3v) is 4.53. The van der Waals surface area contributed by atoms with Crippen LogP contribution in [0.5, 0.6) is 0 Å². The van der Waals surface area contributed by atoms with Crippen molar-refractivity contribution >= 4 is 5.91 Å². The Hall–Kier alpha value is -1.35. The SMILES string of the molecule is CC(=O)N1CCC2(CC1)CNCc1ccccc12. The first-order valence-electron chi connectivity index (χ1n) is 6.76. The first-order chi connectivity index (χ1) is 8.71. The summed E-state index contributed by atoms with van der Waals surface area (Å²) >= 11 is 0. The molecule has 0 saturated carbocycles. The fourth-order valence-electron chi connectivity index (χ4n) is 3.42. The summed E-state index contributed by atoms with van der Waals surface area (Å²) in [5, 5.41) is 3.54. The first kappa shape index (κ1) is 11.7. The Morgan fingerprint density at radius 3 is 2.72 bits per heavy atom. The van der Waals surface area contributed by atoms with Gasteiger partial charge in [-0.1, -0.05) is 24.3 Å². The van der Waals surface area contributed by atoms with Gasteiger partial charge in [-0.25, -0.2) is 0 Å². The van der Waals surface area contributed by atoms with Crippen LogP contribution in [-0.4, -0.2) is 30.4 Å². The molecule has 1 aromatic rings. The molecular formula is C15H20N2O. The molecule has 2 aliphatic rings. The van der Waals surface area contributed by atoms with Gasteiger partial charge in [0, 0.05) is 38.5 Å². The Morgan fingerprint density at radius 1 is 1.28 bits per heavy atom. The van der Waals surface area contributed by atoms with E-state index in [-0.39, 0.29) is 11.3 Å². The molecule has 0 unspecified atom stereocenters. The van der Waals surface area contributed by atoms with Crippen LogP contribution in [0.4, 0.5) is 0 Å². The summed E-state index contributed by atoms with van der Waals surface area (Å²) in [6, 6.07) is 8.76. The maximum atomic E-state index is 11.4. The Labute approximate surface area is 108 Å². The number of nitrogens with one attached hydrogen (secondary N) is 1. The van der Waals surface area contributed by atoms with E-state index in [0.29, 0.717) is 0 Å². The van der Waals surface area contributed by atoms with Gasteiger partial charge in [-0.2, -0.15) is 0 Å². The van der Waals surface area contributed by atoms with Crippen molar-refractivity contribution in [2.24, 2.45) is 0 Å².